The summed E-state index contributed by atoms with van der Waals surface area (Å²) in [6, 6.07) is 7.79. The Bertz CT molecular complexity index is 288. The van der Waals surface area contributed by atoms with Crippen molar-refractivity contribution in [1.82, 2.24) is 5.32 Å². The molecule has 0 aliphatic carbocycles. The fourth-order valence-electron chi connectivity index (χ4n) is 0.818. The van der Waals surface area contributed by atoms with Crippen LogP contribution in [0, 0.1) is 0 Å². The first kappa shape index (κ1) is 9.74. The van der Waals surface area contributed by atoms with Crippen LogP contribution in [0.15, 0.2) is 28.7 Å². The predicted octanol–water partition coefficient (Wildman–Crippen LogP) is 3.05. The van der Waals surface area contributed by atoms with Crippen LogP contribution >= 0.6 is 31.9 Å². The molecule has 0 aliphatic heterocycles. The lowest BCUT2D eigenvalue weighted by Crippen LogP contribution is -2.14. The maximum absolute atomic E-state index is 10.5. The molecule has 0 heterocycles. The number of rotatable bonds is 2. The van der Waals surface area contributed by atoms with Gasteiger partial charge in [0, 0.05) is 26.9 Å². The topological polar surface area (TPSA) is 29.1 Å². The Kier molecular flexibility index (Phi) is 3.75. The van der Waals surface area contributed by atoms with Crippen molar-refractivity contribution in [3.63, 3.8) is 0 Å². The van der Waals surface area contributed by atoms with Crippen LogP contribution in [0.5, 0.6) is 0 Å². The Balaban J connectivity index is 2.57. The van der Waals surface area contributed by atoms with Crippen molar-refractivity contribution in [3.8, 4) is 0 Å². The van der Waals surface area contributed by atoms with E-state index >= 15 is 0 Å². The lowest BCUT2D eigenvalue weighted by molar-refractivity contribution is 0.261. The van der Waals surface area contributed by atoms with E-state index in [0.717, 1.165) is 10.0 Å². The number of nitrogens with one attached hydrogen (secondary N) is 1. The Morgan fingerprint density at radius 2 is 2.25 bits per heavy atom. The lowest BCUT2D eigenvalue weighted by atomic mass is 10.2. The van der Waals surface area contributed by atoms with Crippen molar-refractivity contribution < 1.29 is 4.79 Å². The van der Waals surface area contributed by atoms with E-state index in [1.54, 1.807) is 0 Å². The summed E-state index contributed by atoms with van der Waals surface area (Å²) >= 11 is 6.13. The second-order valence-electron chi connectivity index (χ2n) is 2.26. The Morgan fingerprint density at radius 3 is 2.83 bits per heavy atom. The minimum atomic E-state index is -0.192. The van der Waals surface area contributed by atoms with E-state index < -0.39 is 0 Å². The number of benzene rings is 1. The van der Waals surface area contributed by atoms with Gasteiger partial charge in [-0.2, -0.15) is 0 Å². The summed E-state index contributed by atoms with van der Waals surface area (Å²) < 4.78 is 1.02. The second kappa shape index (κ2) is 4.62. The molecule has 0 unspecified atom stereocenters. The van der Waals surface area contributed by atoms with Gasteiger partial charge in [0.15, 0.2) is 0 Å². The number of amides is 1. The molecule has 0 radical (unpaired) electrons. The molecule has 12 heavy (non-hydrogen) atoms. The summed E-state index contributed by atoms with van der Waals surface area (Å²) in [7, 11) is 0. The Morgan fingerprint density at radius 1 is 1.50 bits per heavy atom. The van der Waals surface area contributed by atoms with Crippen LogP contribution in [0.2, 0.25) is 0 Å². The van der Waals surface area contributed by atoms with Crippen LogP contribution in [0.3, 0.4) is 0 Å². The second-order valence-corrected chi connectivity index (χ2v) is 3.89. The molecule has 0 saturated carbocycles. The van der Waals surface area contributed by atoms with E-state index in [2.05, 4.69) is 37.2 Å². The number of carbonyl (C=O) groups is 1. The zero-order chi connectivity index (χ0) is 8.97. The van der Waals surface area contributed by atoms with Crippen LogP contribution in [-0.4, -0.2) is 4.82 Å². The van der Waals surface area contributed by atoms with Gasteiger partial charge >= 0.3 is 0 Å². The first-order valence-corrected chi connectivity index (χ1v) is 4.95. The highest BCUT2D eigenvalue weighted by Gasteiger charge is 1.95. The van der Waals surface area contributed by atoms with Crippen LogP contribution in [-0.2, 0) is 6.54 Å². The summed E-state index contributed by atoms with van der Waals surface area (Å²) in [5.74, 6) is 0. The normalized spacial score (nSPS) is 9.50. The third kappa shape index (κ3) is 3.36. The molecule has 4 heteroatoms. The number of halogens is 2. The van der Waals surface area contributed by atoms with E-state index in [-0.39, 0.29) is 4.82 Å². The van der Waals surface area contributed by atoms with Crippen molar-refractivity contribution in [1.29, 1.82) is 0 Å². The Hall–Kier alpha value is -0.350. The average Bonchev–Trinajstić information content (AvgIpc) is 2.01. The highest BCUT2D eigenvalue weighted by atomic mass is 79.9. The molecule has 0 atom stereocenters. The van der Waals surface area contributed by atoms with Crippen LogP contribution < -0.4 is 5.32 Å². The molecule has 0 aliphatic rings. The molecule has 0 bridgehead atoms. The molecule has 64 valence electrons. The van der Waals surface area contributed by atoms with Gasteiger partial charge in [-0.1, -0.05) is 28.1 Å². The van der Waals surface area contributed by atoms with Crippen LogP contribution in [0.4, 0.5) is 4.79 Å². The average molecular weight is 293 g/mol. The molecule has 1 amide bonds. The molecule has 0 fully saturated rings. The molecule has 0 saturated heterocycles. The number of hydrogen-bond donors (Lipinski definition) is 1. The fraction of sp³-hybridized carbons (Fsp3) is 0.125. The van der Waals surface area contributed by atoms with Crippen molar-refractivity contribution in [2.45, 2.75) is 6.54 Å². The maximum Gasteiger partial charge on any atom is 0.287 e. The first-order valence-electron chi connectivity index (χ1n) is 3.36. The summed E-state index contributed by atoms with van der Waals surface area (Å²) in [4.78, 5) is 10.3. The van der Waals surface area contributed by atoms with Gasteiger partial charge in [-0.3, -0.25) is 4.79 Å². The Labute approximate surface area is 87.6 Å². The summed E-state index contributed by atoms with van der Waals surface area (Å²) in [5.41, 5.74) is 1.07. The molecular weight excluding hydrogens is 286 g/mol. The minimum Gasteiger partial charge on any atom is -0.343 e. The quantitative estimate of drug-likeness (QED) is 0.659. The molecular formula is C8H7Br2NO. The number of hydrogen-bond acceptors (Lipinski definition) is 1. The molecule has 1 rings (SSSR count). The standard InChI is InChI=1S/C8H7Br2NO/c9-7-3-1-2-6(4-7)5-11-8(10)12/h1-4H,5H2,(H,11,12). The summed E-state index contributed by atoms with van der Waals surface area (Å²) in [6.07, 6.45) is 0. The highest BCUT2D eigenvalue weighted by molar-refractivity contribution is 9.18. The monoisotopic (exact) mass is 291 g/mol. The molecule has 1 N–H and O–H groups in total. The van der Waals surface area contributed by atoms with E-state index in [1.165, 1.54) is 0 Å². The van der Waals surface area contributed by atoms with E-state index in [0.29, 0.717) is 6.54 Å². The van der Waals surface area contributed by atoms with Gasteiger partial charge in [-0.15, -0.1) is 0 Å². The van der Waals surface area contributed by atoms with Crippen molar-refractivity contribution in [2.75, 3.05) is 0 Å². The smallest absolute Gasteiger partial charge is 0.287 e. The van der Waals surface area contributed by atoms with Crippen molar-refractivity contribution >= 4 is 36.7 Å². The molecule has 1 aromatic rings. The third-order valence-electron chi connectivity index (χ3n) is 1.32. The molecule has 1 aromatic carbocycles. The largest absolute Gasteiger partial charge is 0.343 e. The van der Waals surface area contributed by atoms with Gasteiger partial charge in [0.25, 0.3) is 4.82 Å². The fourth-order valence-corrected chi connectivity index (χ4v) is 1.41. The summed E-state index contributed by atoms with van der Waals surface area (Å²) in [6.45, 7) is 0.545. The van der Waals surface area contributed by atoms with E-state index in [1.807, 2.05) is 24.3 Å². The maximum atomic E-state index is 10.5. The van der Waals surface area contributed by atoms with Crippen molar-refractivity contribution in [3.05, 3.63) is 34.3 Å². The SMILES string of the molecule is O=C(Br)NCc1cccc(Br)c1. The van der Waals surface area contributed by atoms with Crippen molar-refractivity contribution in [2.24, 2.45) is 0 Å². The van der Waals surface area contributed by atoms with Gasteiger partial charge < -0.3 is 5.32 Å². The van der Waals surface area contributed by atoms with E-state index in [9.17, 15) is 4.79 Å². The molecule has 2 nitrogen and oxygen atoms in total. The third-order valence-corrected chi connectivity index (χ3v) is 2.09. The van der Waals surface area contributed by atoms with Gasteiger partial charge in [-0.25, -0.2) is 0 Å². The van der Waals surface area contributed by atoms with E-state index in [4.69, 9.17) is 0 Å². The highest BCUT2D eigenvalue weighted by Crippen LogP contribution is 2.11. The van der Waals surface area contributed by atoms with Gasteiger partial charge in [-0.05, 0) is 17.7 Å². The first-order chi connectivity index (χ1) is 5.68. The van der Waals surface area contributed by atoms with Gasteiger partial charge in [0.05, 0.1) is 0 Å². The molecule has 0 spiro atoms. The zero-order valence-corrected chi connectivity index (χ0v) is 9.35. The molecule has 0 aromatic heterocycles. The zero-order valence-electron chi connectivity index (χ0n) is 6.18. The predicted molar refractivity (Wildman–Crippen MR) is 55.3 cm³/mol. The van der Waals surface area contributed by atoms with Crippen LogP contribution in [0.1, 0.15) is 5.56 Å². The van der Waals surface area contributed by atoms with Crippen LogP contribution in [0.25, 0.3) is 0 Å². The summed E-state index contributed by atoms with van der Waals surface area (Å²) in [5, 5.41) is 2.65. The van der Waals surface area contributed by atoms with Gasteiger partial charge in [0.2, 0.25) is 0 Å². The minimum absolute atomic E-state index is 0.192. The number of carbonyl (C=O) groups excluding carboxylic acids is 1. The van der Waals surface area contributed by atoms with Gasteiger partial charge in [0.1, 0.15) is 0 Å². The lowest BCUT2D eigenvalue weighted by Gasteiger charge is -2.00.